The molecule has 8 aromatic carbocycles. The molecule has 328 valence electrons. The molecular formula is C62H56N4Si. The molecule has 0 saturated carbocycles. The van der Waals surface area contributed by atoms with Gasteiger partial charge in [0.15, 0.2) is 8.07 Å². The van der Waals surface area contributed by atoms with Crippen molar-refractivity contribution in [2.45, 2.75) is 52.4 Å². The number of para-hydroxylation sites is 2. The second-order valence-electron chi connectivity index (χ2n) is 20.1. The van der Waals surface area contributed by atoms with Gasteiger partial charge in [-0.1, -0.05) is 187 Å². The predicted octanol–water partition coefficient (Wildman–Crippen LogP) is 13.1. The van der Waals surface area contributed by atoms with Crippen LogP contribution in [-0.2, 0) is 10.8 Å². The second kappa shape index (κ2) is 16.4. The van der Waals surface area contributed by atoms with Crippen LogP contribution < -0.4 is 30.5 Å². The minimum absolute atomic E-state index is 0.0425. The van der Waals surface area contributed by atoms with Gasteiger partial charge in [0.1, 0.15) is 12.5 Å². The molecule has 0 spiro atoms. The third-order valence-corrected chi connectivity index (χ3v) is 18.7. The first-order chi connectivity index (χ1) is 32.5. The molecule has 0 fully saturated rings. The second-order valence-corrected chi connectivity index (χ2v) is 23.9. The van der Waals surface area contributed by atoms with Gasteiger partial charge in [-0.05, 0) is 121 Å². The highest BCUT2D eigenvalue weighted by Crippen LogP contribution is 2.45. The highest BCUT2D eigenvalue weighted by Gasteiger charge is 2.42. The SMILES string of the molecule is CC(C)(C)c1cccc(N2CN(c3cccc([Si](c4ccccc4)(c4ccccc4)c4ccc5c6cc(-c7ccccc7)ccc6n(-c6cc(C(C)(C)C)ccn6)c5c4)c3)c3ccccc32)c1. The summed E-state index contributed by atoms with van der Waals surface area (Å²) in [6.45, 7) is 14.4. The topological polar surface area (TPSA) is 24.3 Å². The summed E-state index contributed by atoms with van der Waals surface area (Å²) in [5.41, 5.74) is 12.1. The summed E-state index contributed by atoms with van der Waals surface area (Å²) in [6.07, 6.45) is 1.98. The van der Waals surface area contributed by atoms with Crippen molar-refractivity contribution in [1.82, 2.24) is 9.55 Å². The minimum atomic E-state index is -3.05. The average molecular weight is 885 g/mol. The first-order valence-electron chi connectivity index (χ1n) is 23.6. The van der Waals surface area contributed by atoms with E-state index in [2.05, 4.69) is 268 Å². The van der Waals surface area contributed by atoms with E-state index < -0.39 is 8.07 Å². The fourth-order valence-corrected chi connectivity index (χ4v) is 15.2. The van der Waals surface area contributed by atoms with Gasteiger partial charge < -0.3 is 9.80 Å². The van der Waals surface area contributed by atoms with Gasteiger partial charge in [-0.15, -0.1) is 0 Å². The van der Waals surface area contributed by atoms with Crippen LogP contribution in [0, 0.1) is 0 Å². The van der Waals surface area contributed by atoms with Gasteiger partial charge in [0.25, 0.3) is 0 Å². The number of hydrogen-bond acceptors (Lipinski definition) is 3. The van der Waals surface area contributed by atoms with Crippen LogP contribution in [0.1, 0.15) is 52.7 Å². The van der Waals surface area contributed by atoms with Gasteiger partial charge in [0.2, 0.25) is 0 Å². The number of nitrogens with zero attached hydrogens (tertiary/aromatic N) is 4. The Balaban J connectivity index is 1.15. The van der Waals surface area contributed by atoms with Gasteiger partial charge in [-0.25, -0.2) is 4.98 Å². The molecule has 1 aliphatic rings. The van der Waals surface area contributed by atoms with Gasteiger partial charge in [0, 0.05) is 28.3 Å². The van der Waals surface area contributed by atoms with Crippen molar-refractivity contribution in [2.75, 3.05) is 16.5 Å². The van der Waals surface area contributed by atoms with E-state index in [-0.39, 0.29) is 10.8 Å². The van der Waals surface area contributed by atoms with Crippen molar-refractivity contribution in [1.29, 1.82) is 0 Å². The van der Waals surface area contributed by atoms with Crippen LogP contribution in [0.3, 0.4) is 0 Å². The van der Waals surface area contributed by atoms with E-state index in [1.54, 1.807) is 0 Å². The molecule has 3 heterocycles. The summed E-state index contributed by atoms with van der Waals surface area (Å²) in [5, 5.41) is 7.74. The van der Waals surface area contributed by atoms with Crippen LogP contribution in [0.4, 0.5) is 22.7 Å². The molecule has 0 bridgehead atoms. The number of hydrogen-bond donors (Lipinski definition) is 0. The molecule has 0 N–H and O–H groups in total. The molecule has 0 saturated heterocycles. The first kappa shape index (κ1) is 42.2. The Morgan fingerprint density at radius 2 is 0.955 bits per heavy atom. The maximum atomic E-state index is 5.13. The van der Waals surface area contributed by atoms with Crippen molar-refractivity contribution in [3.63, 3.8) is 0 Å². The maximum Gasteiger partial charge on any atom is 0.179 e. The van der Waals surface area contributed by atoms with Crippen molar-refractivity contribution < 1.29 is 0 Å². The highest BCUT2D eigenvalue weighted by atomic mass is 28.3. The van der Waals surface area contributed by atoms with Crippen LogP contribution in [0.2, 0.25) is 0 Å². The van der Waals surface area contributed by atoms with E-state index in [1.165, 1.54) is 76.5 Å². The van der Waals surface area contributed by atoms with Crippen molar-refractivity contribution >= 4 is 73.4 Å². The smallest absolute Gasteiger partial charge is 0.179 e. The lowest BCUT2D eigenvalue weighted by Crippen LogP contribution is -2.74. The Bertz CT molecular complexity index is 3380. The average Bonchev–Trinajstić information content (AvgIpc) is 3.91. The number of aromatic nitrogens is 2. The van der Waals surface area contributed by atoms with Crippen LogP contribution in [0.5, 0.6) is 0 Å². The lowest BCUT2D eigenvalue weighted by atomic mass is 9.87. The zero-order valence-electron chi connectivity index (χ0n) is 39.3. The summed E-state index contributed by atoms with van der Waals surface area (Å²) in [7, 11) is -3.05. The monoisotopic (exact) mass is 884 g/mol. The van der Waals surface area contributed by atoms with Gasteiger partial charge in [-0.2, -0.15) is 0 Å². The van der Waals surface area contributed by atoms with Crippen molar-refractivity contribution in [2.24, 2.45) is 0 Å². The standard InChI is InChI=1S/C62H56N4Si/c1-61(2,3)46-22-18-23-48(39-46)64-43-65(58-31-17-16-30-57(58)64)49-24-19-29-52(41-49)67(50-25-12-8-13-26-50,51-27-14-9-15-28-51)53-33-34-54-55-38-45(44-20-10-7-11-21-44)32-35-56(55)66(59(54)42-53)60-40-47(36-37-63-60)62(4,5)6/h7-42H,43H2,1-6H3. The molecule has 0 amide bonds. The summed E-state index contributed by atoms with van der Waals surface area (Å²) < 4.78 is 2.41. The van der Waals surface area contributed by atoms with E-state index >= 15 is 0 Å². The molecule has 5 heteroatoms. The molecule has 67 heavy (non-hydrogen) atoms. The number of anilines is 4. The molecule has 0 radical (unpaired) electrons. The lowest BCUT2D eigenvalue weighted by molar-refractivity contribution is 0.588. The Morgan fingerprint density at radius 1 is 0.403 bits per heavy atom. The summed E-state index contributed by atoms with van der Waals surface area (Å²) in [4.78, 5) is 10.1. The third kappa shape index (κ3) is 7.35. The Kier molecular flexibility index (Phi) is 10.4. The number of benzene rings is 8. The normalized spacial score (nSPS) is 13.1. The first-order valence-corrected chi connectivity index (χ1v) is 25.6. The molecular weight excluding hydrogens is 829 g/mol. The summed E-state index contributed by atoms with van der Waals surface area (Å²) >= 11 is 0. The van der Waals surface area contributed by atoms with Gasteiger partial charge in [0.05, 0.1) is 22.4 Å². The molecule has 2 aromatic heterocycles. The molecule has 11 rings (SSSR count). The molecule has 0 atom stereocenters. The zero-order chi connectivity index (χ0) is 45.9. The zero-order valence-corrected chi connectivity index (χ0v) is 40.3. The highest BCUT2D eigenvalue weighted by molar-refractivity contribution is 7.20. The fourth-order valence-electron chi connectivity index (χ4n) is 10.4. The number of rotatable bonds is 8. The van der Waals surface area contributed by atoms with E-state index in [9.17, 15) is 0 Å². The van der Waals surface area contributed by atoms with Crippen LogP contribution >= 0.6 is 0 Å². The van der Waals surface area contributed by atoms with Crippen LogP contribution in [-0.4, -0.2) is 24.3 Å². The van der Waals surface area contributed by atoms with E-state index in [0.717, 1.165) is 16.9 Å². The van der Waals surface area contributed by atoms with E-state index in [4.69, 9.17) is 4.98 Å². The summed E-state index contributed by atoms with van der Waals surface area (Å²) in [5.74, 6) is 0.927. The Morgan fingerprint density at radius 3 is 1.60 bits per heavy atom. The fraction of sp³-hybridized carbons (Fsp3) is 0.145. The Labute approximate surface area is 396 Å². The van der Waals surface area contributed by atoms with Gasteiger partial charge in [-0.3, -0.25) is 4.57 Å². The minimum Gasteiger partial charge on any atom is -0.321 e. The molecule has 0 aliphatic carbocycles. The molecule has 10 aromatic rings. The van der Waals surface area contributed by atoms with Crippen LogP contribution in [0.25, 0.3) is 38.8 Å². The van der Waals surface area contributed by atoms with Crippen molar-refractivity contribution in [3.8, 4) is 16.9 Å². The molecule has 4 nitrogen and oxygen atoms in total. The summed E-state index contributed by atoms with van der Waals surface area (Å²) in [6, 6.07) is 79.4. The quantitative estimate of drug-likeness (QED) is 0.112. The molecule has 0 unspecified atom stereocenters. The third-order valence-electron chi connectivity index (χ3n) is 13.9. The van der Waals surface area contributed by atoms with Gasteiger partial charge >= 0.3 is 0 Å². The number of fused-ring (bicyclic) bond motifs is 4. The maximum absolute atomic E-state index is 5.13. The Hall–Kier alpha value is -7.47. The van der Waals surface area contributed by atoms with E-state index in [0.29, 0.717) is 6.67 Å². The van der Waals surface area contributed by atoms with Crippen LogP contribution in [0.15, 0.2) is 219 Å². The molecule has 1 aliphatic heterocycles. The van der Waals surface area contributed by atoms with E-state index in [1.807, 2.05) is 6.20 Å². The predicted molar refractivity (Wildman–Crippen MR) is 287 cm³/mol. The lowest BCUT2D eigenvalue weighted by Gasteiger charge is -2.35. The largest absolute Gasteiger partial charge is 0.321 e. The van der Waals surface area contributed by atoms with Crippen molar-refractivity contribution in [3.05, 3.63) is 230 Å². The number of pyridine rings is 1.